The number of benzene rings is 1. The lowest BCUT2D eigenvalue weighted by Crippen LogP contribution is -2.36. The van der Waals surface area contributed by atoms with Crippen molar-refractivity contribution in [2.75, 3.05) is 13.7 Å². The van der Waals surface area contributed by atoms with Crippen molar-refractivity contribution in [3.05, 3.63) is 57.0 Å². The Morgan fingerprint density at radius 2 is 1.96 bits per heavy atom. The molecule has 0 aliphatic heterocycles. The zero-order chi connectivity index (χ0) is 18.1. The predicted molar refractivity (Wildman–Crippen MR) is 102 cm³/mol. The van der Waals surface area contributed by atoms with Crippen LogP contribution >= 0.6 is 11.3 Å². The summed E-state index contributed by atoms with van der Waals surface area (Å²) in [6.45, 7) is 6.47. The van der Waals surface area contributed by atoms with Gasteiger partial charge in [-0.1, -0.05) is 13.0 Å². The molecule has 0 saturated carbocycles. The summed E-state index contributed by atoms with van der Waals surface area (Å²) in [5.41, 5.74) is 1.51. The highest BCUT2D eigenvalue weighted by atomic mass is 32.1. The maximum absolute atomic E-state index is 13.7. The van der Waals surface area contributed by atoms with Gasteiger partial charge in [0.15, 0.2) is 5.96 Å². The van der Waals surface area contributed by atoms with Gasteiger partial charge in [-0.15, -0.1) is 11.3 Å². The lowest BCUT2D eigenvalue weighted by Gasteiger charge is -2.11. The molecule has 2 aromatic rings. The van der Waals surface area contributed by atoms with Gasteiger partial charge < -0.3 is 15.4 Å². The Morgan fingerprint density at radius 3 is 2.64 bits per heavy atom. The van der Waals surface area contributed by atoms with Gasteiger partial charge in [0.05, 0.1) is 19.7 Å². The van der Waals surface area contributed by atoms with Crippen LogP contribution < -0.4 is 10.6 Å². The van der Waals surface area contributed by atoms with Crippen LogP contribution in [0.15, 0.2) is 35.3 Å². The number of thiophene rings is 1. The first-order valence-electron chi connectivity index (χ1n) is 8.52. The summed E-state index contributed by atoms with van der Waals surface area (Å²) < 4.78 is 18.7. The summed E-state index contributed by atoms with van der Waals surface area (Å²) in [5.74, 6) is 0.510. The summed E-state index contributed by atoms with van der Waals surface area (Å²) in [6, 6.07) is 9.35. The Balaban J connectivity index is 1.99. The molecule has 0 aliphatic carbocycles. The van der Waals surface area contributed by atoms with Crippen LogP contribution in [0, 0.1) is 5.82 Å². The van der Waals surface area contributed by atoms with E-state index in [1.807, 2.05) is 18.3 Å². The molecule has 0 bridgehead atoms. The van der Waals surface area contributed by atoms with Crippen molar-refractivity contribution in [3.8, 4) is 0 Å². The average molecular weight is 364 g/mol. The summed E-state index contributed by atoms with van der Waals surface area (Å²) in [4.78, 5) is 7.26. The molecule has 0 radical (unpaired) electrons. The van der Waals surface area contributed by atoms with E-state index in [1.165, 1.54) is 15.8 Å². The van der Waals surface area contributed by atoms with Crippen molar-refractivity contribution < 1.29 is 9.13 Å². The monoisotopic (exact) mass is 363 g/mol. The summed E-state index contributed by atoms with van der Waals surface area (Å²) in [5, 5.41) is 6.59. The highest BCUT2D eigenvalue weighted by molar-refractivity contribution is 7.11. The minimum Gasteiger partial charge on any atom is -0.380 e. The molecule has 136 valence electrons. The topological polar surface area (TPSA) is 45.7 Å². The van der Waals surface area contributed by atoms with Crippen molar-refractivity contribution in [2.24, 2.45) is 4.99 Å². The van der Waals surface area contributed by atoms with Crippen LogP contribution in [0.4, 0.5) is 4.39 Å². The second-order valence-corrected chi connectivity index (χ2v) is 6.88. The van der Waals surface area contributed by atoms with Crippen LogP contribution in [0.1, 0.15) is 34.7 Å². The summed E-state index contributed by atoms with van der Waals surface area (Å²) >= 11 is 1.82. The quantitative estimate of drug-likeness (QED) is 0.553. The molecule has 6 heteroatoms. The van der Waals surface area contributed by atoms with E-state index in [-0.39, 0.29) is 12.4 Å². The molecule has 0 saturated heterocycles. The van der Waals surface area contributed by atoms with Crippen LogP contribution in [-0.2, 0) is 30.9 Å². The first-order valence-corrected chi connectivity index (χ1v) is 9.33. The molecule has 0 fully saturated rings. The predicted octanol–water partition coefficient (Wildman–Crippen LogP) is 3.85. The van der Waals surface area contributed by atoms with Crippen molar-refractivity contribution in [1.82, 2.24) is 10.6 Å². The lowest BCUT2D eigenvalue weighted by molar-refractivity contribution is 0.181. The fourth-order valence-electron chi connectivity index (χ4n) is 2.38. The Labute approximate surface area is 153 Å². The normalized spacial score (nSPS) is 11.6. The number of halogens is 1. The number of hydrogen-bond acceptors (Lipinski definition) is 3. The molecular weight excluding hydrogens is 337 g/mol. The van der Waals surface area contributed by atoms with E-state index in [0.717, 1.165) is 31.0 Å². The van der Waals surface area contributed by atoms with Gasteiger partial charge in [-0.2, -0.15) is 0 Å². The number of aryl methyl sites for hydroxylation is 1. The van der Waals surface area contributed by atoms with Gasteiger partial charge in [0.2, 0.25) is 0 Å². The molecule has 0 aliphatic rings. The number of methoxy groups -OCH3 is 1. The van der Waals surface area contributed by atoms with Gasteiger partial charge in [-0.3, -0.25) is 0 Å². The fourth-order valence-corrected chi connectivity index (χ4v) is 3.28. The Hall–Kier alpha value is -1.92. The van der Waals surface area contributed by atoms with Gasteiger partial charge in [-0.25, -0.2) is 9.38 Å². The molecule has 0 amide bonds. The molecule has 2 rings (SSSR count). The average Bonchev–Trinajstić information content (AvgIpc) is 3.08. The molecular formula is C19H26FN3OS. The third kappa shape index (κ3) is 6.14. The molecule has 4 nitrogen and oxygen atoms in total. The smallest absolute Gasteiger partial charge is 0.191 e. The summed E-state index contributed by atoms with van der Waals surface area (Å²) in [6.07, 6.45) is 1.06. The fraction of sp³-hybridized carbons (Fsp3) is 0.421. The van der Waals surface area contributed by atoms with E-state index in [4.69, 9.17) is 4.74 Å². The van der Waals surface area contributed by atoms with Gasteiger partial charge in [0, 0.05) is 29.0 Å². The minimum atomic E-state index is -0.246. The van der Waals surface area contributed by atoms with Gasteiger partial charge in [-0.05, 0) is 43.2 Å². The van der Waals surface area contributed by atoms with E-state index in [2.05, 4.69) is 34.7 Å². The molecule has 2 N–H and O–H groups in total. The number of guanidine groups is 1. The largest absolute Gasteiger partial charge is 0.380 e. The Bertz CT molecular complexity index is 700. The van der Waals surface area contributed by atoms with Crippen molar-refractivity contribution >= 4 is 17.3 Å². The van der Waals surface area contributed by atoms with Gasteiger partial charge in [0.1, 0.15) is 5.82 Å². The molecule has 0 spiro atoms. The number of nitrogens with zero attached hydrogens (tertiary/aromatic N) is 1. The van der Waals surface area contributed by atoms with Crippen LogP contribution in [0.2, 0.25) is 0 Å². The third-order valence-electron chi connectivity index (χ3n) is 3.67. The number of hydrogen-bond donors (Lipinski definition) is 2. The zero-order valence-electron chi connectivity index (χ0n) is 15.1. The van der Waals surface area contributed by atoms with Crippen molar-refractivity contribution in [2.45, 2.75) is 40.0 Å². The van der Waals surface area contributed by atoms with Crippen LogP contribution in [0.3, 0.4) is 0 Å². The molecule has 0 unspecified atom stereocenters. The van der Waals surface area contributed by atoms with Crippen LogP contribution in [0.25, 0.3) is 0 Å². The zero-order valence-corrected chi connectivity index (χ0v) is 15.9. The number of rotatable bonds is 8. The summed E-state index contributed by atoms with van der Waals surface area (Å²) in [7, 11) is 1.56. The van der Waals surface area contributed by atoms with E-state index in [9.17, 15) is 4.39 Å². The maximum Gasteiger partial charge on any atom is 0.191 e. The standard InChI is InChI=1S/C19H26FN3OS/c1-4-16-7-8-17(25-16)12-23-19(21-5-2)22-11-14-6-9-18(20)15(10-14)13-24-3/h6-10H,4-5,11-13H2,1-3H3,(H2,21,22,23). The molecule has 1 aromatic carbocycles. The lowest BCUT2D eigenvalue weighted by atomic mass is 10.1. The molecule has 1 heterocycles. The van der Waals surface area contributed by atoms with E-state index in [1.54, 1.807) is 19.2 Å². The Morgan fingerprint density at radius 1 is 1.16 bits per heavy atom. The first kappa shape index (κ1) is 19.4. The maximum atomic E-state index is 13.7. The van der Waals surface area contributed by atoms with Crippen LogP contribution in [-0.4, -0.2) is 19.6 Å². The van der Waals surface area contributed by atoms with Crippen molar-refractivity contribution in [3.63, 3.8) is 0 Å². The van der Waals surface area contributed by atoms with Gasteiger partial charge in [0.25, 0.3) is 0 Å². The molecule has 1 aromatic heterocycles. The van der Waals surface area contributed by atoms with Crippen molar-refractivity contribution in [1.29, 1.82) is 0 Å². The number of ether oxygens (including phenoxy) is 1. The van der Waals surface area contributed by atoms with E-state index >= 15 is 0 Å². The molecule has 25 heavy (non-hydrogen) atoms. The van der Waals surface area contributed by atoms with Crippen LogP contribution in [0.5, 0.6) is 0 Å². The Kier molecular flexibility index (Phi) is 7.88. The second kappa shape index (κ2) is 10.2. The number of nitrogens with one attached hydrogen (secondary N) is 2. The third-order valence-corrected chi connectivity index (χ3v) is 4.90. The SMILES string of the molecule is CCNC(=NCc1ccc(F)c(COC)c1)NCc1ccc(CC)s1. The highest BCUT2D eigenvalue weighted by Crippen LogP contribution is 2.16. The minimum absolute atomic E-state index is 0.246. The van der Waals surface area contributed by atoms with E-state index < -0.39 is 0 Å². The van der Waals surface area contributed by atoms with E-state index in [0.29, 0.717) is 12.1 Å². The van der Waals surface area contributed by atoms with Gasteiger partial charge >= 0.3 is 0 Å². The first-order chi connectivity index (χ1) is 12.2. The highest BCUT2D eigenvalue weighted by Gasteiger charge is 2.05. The second-order valence-electron chi connectivity index (χ2n) is 5.63. The number of aliphatic imine (C=N–C) groups is 1. The molecule has 0 atom stereocenters.